The van der Waals surface area contributed by atoms with Gasteiger partial charge in [0.15, 0.2) is 5.13 Å². The second-order valence-corrected chi connectivity index (χ2v) is 4.52. The van der Waals surface area contributed by atoms with Crippen LogP contribution in [0, 0.1) is 0 Å². The minimum absolute atomic E-state index is 0.474. The van der Waals surface area contributed by atoms with E-state index in [1.165, 1.54) is 0 Å². The molecule has 0 spiro atoms. The van der Waals surface area contributed by atoms with Crippen molar-refractivity contribution in [1.82, 2.24) is 4.98 Å². The summed E-state index contributed by atoms with van der Waals surface area (Å²) in [6.45, 7) is 5.23. The lowest BCUT2D eigenvalue weighted by molar-refractivity contribution is 0.152. The van der Waals surface area contributed by atoms with Gasteiger partial charge in [-0.3, -0.25) is 0 Å². The van der Waals surface area contributed by atoms with Gasteiger partial charge in [-0.25, -0.2) is 4.98 Å². The number of anilines is 1. The van der Waals surface area contributed by atoms with Crippen LogP contribution in [-0.4, -0.2) is 36.4 Å². The van der Waals surface area contributed by atoms with Crippen molar-refractivity contribution in [3.63, 3.8) is 0 Å². The van der Waals surface area contributed by atoms with E-state index in [9.17, 15) is 5.11 Å². The Morgan fingerprint density at radius 3 is 3.13 bits per heavy atom. The van der Waals surface area contributed by atoms with Crippen molar-refractivity contribution in [2.24, 2.45) is 0 Å². The largest absolute Gasteiger partial charge is 0.387 e. The molecule has 1 fully saturated rings. The maximum absolute atomic E-state index is 9.39. The van der Waals surface area contributed by atoms with Crippen LogP contribution in [0.25, 0.3) is 0 Å². The number of aliphatic hydroxyl groups is 1. The first-order chi connectivity index (χ1) is 7.27. The van der Waals surface area contributed by atoms with Crippen molar-refractivity contribution in [3.8, 4) is 0 Å². The van der Waals surface area contributed by atoms with Crippen molar-refractivity contribution in [3.05, 3.63) is 11.1 Å². The van der Waals surface area contributed by atoms with Crippen LogP contribution in [0.15, 0.2) is 5.38 Å². The summed E-state index contributed by atoms with van der Waals surface area (Å²) < 4.78 is 5.39. The molecule has 5 heteroatoms. The average Bonchev–Trinajstić information content (AvgIpc) is 2.55. The number of rotatable bonds is 2. The summed E-state index contributed by atoms with van der Waals surface area (Å²) in [6, 6.07) is 0. The maximum Gasteiger partial charge on any atom is 0.185 e. The van der Waals surface area contributed by atoms with Gasteiger partial charge in [0.1, 0.15) is 0 Å². The van der Waals surface area contributed by atoms with Gasteiger partial charge in [0.2, 0.25) is 0 Å². The Hall–Kier alpha value is -0.650. The smallest absolute Gasteiger partial charge is 0.185 e. The molecule has 0 saturated carbocycles. The highest BCUT2D eigenvalue weighted by atomic mass is 32.1. The maximum atomic E-state index is 9.39. The van der Waals surface area contributed by atoms with E-state index < -0.39 is 6.10 Å². The van der Waals surface area contributed by atoms with Crippen LogP contribution in [0.2, 0.25) is 0 Å². The molecular formula is C10H16N2O2S. The molecule has 0 aliphatic carbocycles. The van der Waals surface area contributed by atoms with Gasteiger partial charge in [-0.15, -0.1) is 11.3 Å². The SMILES string of the molecule is CC(O)c1csc(N2CCCOCC2)n1. The third-order valence-electron chi connectivity index (χ3n) is 2.43. The highest BCUT2D eigenvalue weighted by Gasteiger charge is 2.14. The van der Waals surface area contributed by atoms with Crippen LogP contribution in [0.4, 0.5) is 5.13 Å². The Bertz CT molecular complexity index is 306. The summed E-state index contributed by atoms with van der Waals surface area (Å²) in [4.78, 5) is 6.64. The molecule has 1 aromatic heterocycles. The van der Waals surface area contributed by atoms with E-state index in [4.69, 9.17) is 4.74 Å². The molecule has 2 heterocycles. The number of ether oxygens (including phenoxy) is 1. The van der Waals surface area contributed by atoms with Gasteiger partial charge in [-0.1, -0.05) is 0 Å². The fraction of sp³-hybridized carbons (Fsp3) is 0.700. The Balaban J connectivity index is 2.06. The predicted molar refractivity (Wildman–Crippen MR) is 60.4 cm³/mol. The van der Waals surface area contributed by atoms with Gasteiger partial charge in [-0.2, -0.15) is 0 Å². The molecule has 1 N–H and O–H groups in total. The summed E-state index contributed by atoms with van der Waals surface area (Å²) in [5, 5.41) is 12.3. The normalized spacial score (nSPS) is 20.0. The molecule has 1 aliphatic heterocycles. The molecule has 0 bridgehead atoms. The zero-order valence-electron chi connectivity index (χ0n) is 8.85. The Morgan fingerprint density at radius 1 is 1.53 bits per heavy atom. The lowest BCUT2D eigenvalue weighted by Crippen LogP contribution is -2.25. The monoisotopic (exact) mass is 228 g/mol. The van der Waals surface area contributed by atoms with Gasteiger partial charge >= 0.3 is 0 Å². The highest BCUT2D eigenvalue weighted by Crippen LogP contribution is 2.24. The zero-order valence-corrected chi connectivity index (χ0v) is 9.66. The molecule has 15 heavy (non-hydrogen) atoms. The molecule has 0 aromatic carbocycles. The lowest BCUT2D eigenvalue weighted by atomic mass is 10.3. The van der Waals surface area contributed by atoms with Crippen LogP contribution in [-0.2, 0) is 4.74 Å². The molecule has 1 aliphatic rings. The fourth-order valence-electron chi connectivity index (χ4n) is 1.55. The van der Waals surface area contributed by atoms with E-state index in [1.807, 2.05) is 5.38 Å². The first-order valence-electron chi connectivity index (χ1n) is 5.23. The van der Waals surface area contributed by atoms with E-state index in [-0.39, 0.29) is 0 Å². The van der Waals surface area contributed by atoms with E-state index in [2.05, 4.69) is 9.88 Å². The van der Waals surface area contributed by atoms with Gasteiger partial charge in [0, 0.05) is 25.1 Å². The molecule has 1 unspecified atom stereocenters. The Labute approximate surface area is 93.5 Å². The van der Waals surface area contributed by atoms with Gasteiger partial charge in [0.25, 0.3) is 0 Å². The average molecular weight is 228 g/mol. The van der Waals surface area contributed by atoms with Crippen LogP contribution in [0.5, 0.6) is 0 Å². The minimum atomic E-state index is -0.474. The minimum Gasteiger partial charge on any atom is -0.387 e. The number of aliphatic hydroxyl groups excluding tert-OH is 1. The lowest BCUT2D eigenvalue weighted by Gasteiger charge is -2.17. The van der Waals surface area contributed by atoms with Crippen molar-refractivity contribution < 1.29 is 9.84 Å². The van der Waals surface area contributed by atoms with E-state index in [0.29, 0.717) is 0 Å². The number of thiazole rings is 1. The summed E-state index contributed by atoms with van der Waals surface area (Å²) in [6.07, 6.45) is 0.571. The molecule has 4 nitrogen and oxygen atoms in total. The van der Waals surface area contributed by atoms with E-state index >= 15 is 0 Å². The second kappa shape index (κ2) is 4.92. The first-order valence-corrected chi connectivity index (χ1v) is 6.11. The second-order valence-electron chi connectivity index (χ2n) is 3.68. The van der Waals surface area contributed by atoms with Crippen molar-refractivity contribution in [2.75, 3.05) is 31.2 Å². The standard InChI is InChI=1S/C10H16N2O2S/c1-8(13)9-7-15-10(11-9)12-3-2-5-14-6-4-12/h7-8,13H,2-6H2,1H3. The van der Waals surface area contributed by atoms with Crippen LogP contribution in [0.3, 0.4) is 0 Å². The van der Waals surface area contributed by atoms with Crippen molar-refractivity contribution in [1.29, 1.82) is 0 Å². The van der Waals surface area contributed by atoms with Gasteiger partial charge in [0.05, 0.1) is 18.4 Å². The van der Waals surface area contributed by atoms with E-state index in [1.54, 1.807) is 18.3 Å². The summed E-state index contributed by atoms with van der Waals surface area (Å²) in [5.41, 5.74) is 0.764. The van der Waals surface area contributed by atoms with Gasteiger partial charge < -0.3 is 14.7 Å². The Kier molecular flexibility index (Phi) is 3.56. The summed E-state index contributed by atoms with van der Waals surface area (Å²) in [5.74, 6) is 0. The molecular weight excluding hydrogens is 212 g/mol. The molecule has 1 atom stereocenters. The predicted octanol–water partition coefficient (Wildman–Crippen LogP) is 1.42. The van der Waals surface area contributed by atoms with Crippen molar-refractivity contribution >= 4 is 16.5 Å². The Morgan fingerprint density at radius 2 is 2.40 bits per heavy atom. The molecule has 1 aromatic rings. The summed E-state index contributed by atoms with van der Waals surface area (Å²) in [7, 11) is 0. The number of aromatic nitrogens is 1. The molecule has 0 radical (unpaired) electrons. The molecule has 84 valence electrons. The third-order valence-corrected chi connectivity index (χ3v) is 3.35. The van der Waals surface area contributed by atoms with E-state index in [0.717, 1.165) is 43.5 Å². The summed E-state index contributed by atoms with van der Waals surface area (Å²) >= 11 is 1.59. The number of hydrogen-bond donors (Lipinski definition) is 1. The topological polar surface area (TPSA) is 45.6 Å². The first kappa shape index (κ1) is 10.9. The molecule has 1 saturated heterocycles. The fourth-order valence-corrected chi connectivity index (χ4v) is 2.52. The molecule has 0 amide bonds. The van der Waals surface area contributed by atoms with Crippen LogP contribution < -0.4 is 4.90 Å². The van der Waals surface area contributed by atoms with Crippen LogP contribution >= 0.6 is 11.3 Å². The quantitative estimate of drug-likeness (QED) is 0.831. The highest BCUT2D eigenvalue weighted by molar-refractivity contribution is 7.13. The van der Waals surface area contributed by atoms with Crippen LogP contribution in [0.1, 0.15) is 25.1 Å². The number of nitrogens with zero attached hydrogens (tertiary/aromatic N) is 2. The van der Waals surface area contributed by atoms with Crippen molar-refractivity contribution in [2.45, 2.75) is 19.4 Å². The van der Waals surface area contributed by atoms with Gasteiger partial charge in [-0.05, 0) is 13.3 Å². The zero-order chi connectivity index (χ0) is 10.7. The third kappa shape index (κ3) is 2.68. The number of hydrogen-bond acceptors (Lipinski definition) is 5. The molecule has 2 rings (SSSR count).